The van der Waals surface area contributed by atoms with Crippen molar-refractivity contribution in [1.29, 1.82) is 0 Å². The maximum atomic E-state index is 14.4. The number of hydrogen-bond donors (Lipinski definition) is 0. The molecule has 1 aliphatic heterocycles. The van der Waals surface area contributed by atoms with Crippen molar-refractivity contribution in [3.05, 3.63) is 131 Å². The molecule has 0 aliphatic carbocycles. The van der Waals surface area contributed by atoms with E-state index in [1.807, 2.05) is 94.4 Å². The normalized spacial score (nSPS) is 18.3. The van der Waals surface area contributed by atoms with E-state index in [0.717, 1.165) is 27.4 Å². The second kappa shape index (κ2) is 23.3. The summed E-state index contributed by atoms with van der Waals surface area (Å²) in [6.45, 7) is 14.7. The van der Waals surface area contributed by atoms with Gasteiger partial charge in [0.25, 0.3) is 0 Å². The summed E-state index contributed by atoms with van der Waals surface area (Å²) >= 11 is -0.217. The molecule has 0 amide bonds. The van der Waals surface area contributed by atoms with Crippen molar-refractivity contribution in [2.75, 3.05) is 27.6 Å². The molecule has 0 aromatic heterocycles. The van der Waals surface area contributed by atoms with Crippen LogP contribution in [0.4, 0.5) is 0 Å². The van der Waals surface area contributed by atoms with E-state index in [9.17, 15) is 9.59 Å². The van der Waals surface area contributed by atoms with Crippen LogP contribution in [-0.4, -0.2) is 86.7 Å². The van der Waals surface area contributed by atoms with Crippen molar-refractivity contribution in [2.45, 2.75) is 108 Å². The first kappa shape index (κ1) is 47.1. The zero-order chi connectivity index (χ0) is 45.6. The second-order valence-corrected chi connectivity index (χ2v) is 25.3. The van der Waals surface area contributed by atoms with Gasteiger partial charge in [0.15, 0.2) is 0 Å². The molecule has 0 bridgehead atoms. The molecule has 0 N–H and O–H groups in total. The van der Waals surface area contributed by atoms with Gasteiger partial charge < -0.3 is 0 Å². The van der Waals surface area contributed by atoms with Crippen molar-refractivity contribution in [1.82, 2.24) is 0 Å². The van der Waals surface area contributed by atoms with Gasteiger partial charge in [0.1, 0.15) is 0 Å². The summed E-state index contributed by atoms with van der Waals surface area (Å²) in [6, 6.07) is 31.2. The molecule has 1 heterocycles. The number of rotatable bonds is 23. The fourth-order valence-electron chi connectivity index (χ4n) is 6.81. The molecule has 0 radical (unpaired) electrons. The first-order chi connectivity index (χ1) is 30.1. The summed E-state index contributed by atoms with van der Waals surface area (Å²) < 4.78 is 58.3. The van der Waals surface area contributed by atoms with Gasteiger partial charge in [0, 0.05) is 0 Å². The van der Waals surface area contributed by atoms with Crippen LogP contribution in [0.15, 0.2) is 109 Å². The van der Waals surface area contributed by atoms with Crippen LogP contribution in [0.2, 0.25) is 25.7 Å². The Kier molecular flexibility index (Phi) is 17.7. The summed E-state index contributed by atoms with van der Waals surface area (Å²) in [5.41, 5.74) is 2.42. The summed E-state index contributed by atoms with van der Waals surface area (Å²) in [5, 5.41) is 0. The third-order valence-electron chi connectivity index (χ3n) is 10.3. The van der Waals surface area contributed by atoms with Gasteiger partial charge in [-0.1, -0.05) is 0 Å². The summed E-state index contributed by atoms with van der Waals surface area (Å²) in [6.07, 6.45) is 2.42. The predicted octanol–water partition coefficient (Wildman–Crippen LogP) is 9.95. The Balaban J connectivity index is 1.56. The van der Waals surface area contributed by atoms with E-state index in [2.05, 4.69) is 31.8 Å². The van der Waals surface area contributed by atoms with Gasteiger partial charge in [0.2, 0.25) is 0 Å². The molecule has 4 aromatic carbocycles. The van der Waals surface area contributed by atoms with Gasteiger partial charge >= 0.3 is 379 Å². The van der Waals surface area contributed by atoms with E-state index in [4.69, 9.17) is 39.3 Å². The second-order valence-electron chi connectivity index (χ2n) is 17.0. The van der Waals surface area contributed by atoms with E-state index in [1.165, 1.54) is 7.11 Å². The number of allylic oxidation sites excluding steroid dienone is 1. The molecule has 1 saturated heterocycles. The number of carbonyl (C=O) groups excluding carboxylic acids is 2. The minimum atomic E-state index is -1.53. The molecule has 1 aliphatic rings. The SMILES string of the molecule is [3H]C(C)C(C)/C=C\C(OC(=O)c1ccccc1)C1OC(C)(C)O[C@H]1CCC([Se]c1ccccc1)c1cc(OCc2ccc(OC)cc2)cc(OCOC)c1C(=O)OCC[Si](C)(C)C. The van der Waals surface area contributed by atoms with Crippen molar-refractivity contribution in [3.8, 4) is 17.2 Å². The fraction of sp³-hybridized carbons (Fsp3) is 0.440. The van der Waals surface area contributed by atoms with Crippen molar-refractivity contribution >= 4 is 39.4 Å². The molecule has 6 atom stereocenters. The number of esters is 2. The minimum absolute atomic E-state index is 0.0940. The molecule has 334 valence electrons. The van der Waals surface area contributed by atoms with Crippen LogP contribution in [0, 0.1) is 5.92 Å². The van der Waals surface area contributed by atoms with Gasteiger partial charge in [-0.25, -0.2) is 0 Å². The quantitative estimate of drug-likeness (QED) is 0.0309. The predicted molar refractivity (Wildman–Crippen MR) is 247 cm³/mol. The van der Waals surface area contributed by atoms with Crippen molar-refractivity contribution < 1.29 is 48.9 Å². The Hall–Kier alpha value is -4.42. The van der Waals surface area contributed by atoms with Crippen molar-refractivity contribution in [2.24, 2.45) is 5.92 Å². The van der Waals surface area contributed by atoms with Gasteiger partial charge in [0.05, 0.1) is 0 Å². The number of ether oxygens (including phenoxy) is 8. The Morgan fingerprint density at radius 3 is 2.23 bits per heavy atom. The monoisotopic (exact) mass is 934 g/mol. The fourth-order valence-corrected chi connectivity index (χ4v) is 10.1. The van der Waals surface area contributed by atoms with Crippen LogP contribution in [0.25, 0.3) is 0 Å². The molecule has 0 spiro atoms. The van der Waals surface area contributed by atoms with Crippen LogP contribution in [0.3, 0.4) is 0 Å². The Bertz CT molecular complexity index is 2070. The van der Waals surface area contributed by atoms with Gasteiger partial charge in [-0.05, 0) is 0 Å². The van der Waals surface area contributed by atoms with Gasteiger partial charge in [-0.2, -0.15) is 0 Å². The van der Waals surface area contributed by atoms with E-state index in [0.29, 0.717) is 42.1 Å². The van der Waals surface area contributed by atoms with E-state index in [-0.39, 0.29) is 45.5 Å². The van der Waals surface area contributed by atoms with Crippen LogP contribution in [0.5, 0.6) is 17.2 Å². The van der Waals surface area contributed by atoms with Crippen LogP contribution in [0.1, 0.15) is 85.0 Å². The molecule has 12 heteroatoms. The average Bonchev–Trinajstić information content (AvgIpc) is 3.58. The van der Waals surface area contributed by atoms with Gasteiger partial charge in [-0.3, -0.25) is 0 Å². The van der Waals surface area contributed by atoms with Crippen LogP contribution in [-0.2, 0) is 30.3 Å². The Morgan fingerprint density at radius 1 is 0.887 bits per heavy atom. The number of carbonyl (C=O) groups is 2. The molecule has 5 unspecified atom stereocenters. The molecule has 0 saturated carbocycles. The van der Waals surface area contributed by atoms with Crippen molar-refractivity contribution in [3.63, 3.8) is 0 Å². The molecule has 5 rings (SSSR count). The Labute approximate surface area is 377 Å². The first-order valence-electron chi connectivity index (χ1n) is 21.8. The van der Waals surface area contributed by atoms with E-state index in [1.54, 1.807) is 37.4 Å². The maximum absolute atomic E-state index is 14.4. The summed E-state index contributed by atoms with van der Waals surface area (Å²) in [5.74, 6) is -0.475. The topological polar surface area (TPSA) is 108 Å². The zero-order valence-electron chi connectivity index (χ0n) is 38.6. The summed E-state index contributed by atoms with van der Waals surface area (Å²) in [7, 11) is 1.63. The van der Waals surface area contributed by atoms with Gasteiger partial charge in [-0.15, -0.1) is 0 Å². The molecular formula is C50H64O10SeSi. The number of hydrogen-bond acceptors (Lipinski definition) is 10. The molecule has 10 nitrogen and oxygen atoms in total. The molecule has 62 heavy (non-hydrogen) atoms. The third-order valence-corrected chi connectivity index (χ3v) is 14.8. The third kappa shape index (κ3) is 14.9. The number of methoxy groups -OCH3 is 2. The van der Waals surface area contributed by atoms with Crippen LogP contribution < -0.4 is 18.7 Å². The van der Waals surface area contributed by atoms with E-state index < -0.39 is 44.1 Å². The van der Waals surface area contributed by atoms with E-state index >= 15 is 0 Å². The molecule has 4 aromatic rings. The summed E-state index contributed by atoms with van der Waals surface area (Å²) in [4.78, 5) is 27.8. The Morgan fingerprint density at radius 2 is 1.58 bits per heavy atom. The number of benzene rings is 4. The van der Waals surface area contributed by atoms with Crippen LogP contribution >= 0.6 is 0 Å². The first-order valence-corrected chi connectivity index (χ1v) is 26.8. The molecular weight excluding hydrogens is 868 g/mol. The standard InChI is InChI=1S/C50H64O10SeSi/c1-10-35(2)21-26-42(58-48(51)37-17-13-11-14-18-37)47-43(59-50(3,4)60-47)27-28-45(61-40-19-15-12-16-20-40)41-31-39(56-33-36-22-24-38(54-6)25-23-36)32-44(57-34-53-5)46(41)49(52)55-29-30-62(7,8)9/h11-26,31-32,35,42-43,45,47H,10,27-30,33-34H2,1-9H3/b26-21-/t35?,42?,43-,45?,47?/m0/s1/i10T/t10?,35?,42?,43-,45?,47?. The molecule has 1 fully saturated rings. The average molecular weight is 934 g/mol. The zero-order valence-corrected chi connectivity index (χ0v) is 40.3.